The summed E-state index contributed by atoms with van der Waals surface area (Å²) in [6.07, 6.45) is 7.86. The number of benzene rings is 1. The van der Waals surface area contributed by atoms with Gasteiger partial charge in [0.15, 0.2) is 0 Å². The average molecular weight is 281 g/mol. The van der Waals surface area contributed by atoms with E-state index in [0.717, 1.165) is 10.7 Å². The van der Waals surface area contributed by atoms with E-state index in [1.165, 1.54) is 44.1 Å². The molecule has 0 aliphatic heterocycles. The smallest absolute Gasteiger partial charge is 0.0151 e. The molecule has 0 N–H and O–H groups in total. The molecule has 88 valence electrons. The van der Waals surface area contributed by atoms with E-state index in [4.69, 9.17) is 0 Å². The van der Waals surface area contributed by atoms with Gasteiger partial charge in [0, 0.05) is 4.83 Å². The maximum atomic E-state index is 3.77. The minimum Gasteiger partial charge on any atom is -0.0890 e. The lowest BCUT2D eigenvalue weighted by molar-refractivity contribution is 0.458. The number of alkyl halides is 1. The Morgan fingerprint density at radius 2 is 1.94 bits per heavy atom. The molecule has 2 atom stereocenters. The van der Waals surface area contributed by atoms with Crippen molar-refractivity contribution in [3.8, 4) is 0 Å². The van der Waals surface area contributed by atoms with Gasteiger partial charge in [-0.05, 0) is 42.7 Å². The Morgan fingerprint density at radius 3 is 2.56 bits per heavy atom. The van der Waals surface area contributed by atoms with Crippen molar-refractivity contribution in [2.45, 2.75) is 56.2 Å². The maximum absolute atomic E-state index is 3.77. The van der Waals surface area contributed by atoms with Crippen LogP contribution in [0.25, 0.3) is 0 Å². The number of hydrogen-bond donors (Lipinski definition) is 0. The SMILES string of the molecule is CCCc1ccc(C2CCCC(Br)C2)cc1. The Morgan fingerprint density at radius 1 is 1.19 bits per heavy atom. The van der Waals surface area contributed by atoms with Gasteiger partial charge in [0.05, 0.1) is 0 Å². The second-order valence-electron chi connectivity index (χ2n) is 4.95. The van der Waals surface area contributed by atoms with Crippen molar-refractivity contribution in [3.05, 3.63) is 35.4 Å². The fraction of sp³-hybridized carbons (Fsp3) is 0.600. The largest absolute Gasteiger partial charge is 0.0890 e. The first-order chi connectivity index (χ1) is 7.79. The first-order valence-corrected chi connectivity index (χ1v) is 7.44. The standard InChI is InChI=1S/C15H21Br/c1-2-4-12-7-9-13(10-8-12)14-5-3-6-15(16)11-14/h7-10,14-15H,2-6,11H2,1H3. The highest BCUT2D eigenvalue weighted by Gasteiger charge is 2.20. The summed E-state index contributed by atoms with van der Waals surface area (Å²) in [4.78, 5) is 0.738. The number of hydrogen-bond acceptors (Lipinski definition) is 0. The lowest BCUT2D eigenvalue weighted by Crippen LogP contribution is -2.13. The Labute approximate surface area is 108 Å². The topological polar surface area (TPSA) is 0 Å². The Hall–Kier alpha value is -0.300. The second kappa shape index (κ2) is 5.86. The van der Waals surface area contributed by atoms with Crippen LogP contribution in [0.4, 0.5) is 0 Å². The van der Waals surface area contributed by atoms with Crippen LogP contribution in [0.1, 0.15) is 56.1 Å². The third-order valence-electron chi connectivity index (χ3n) is 3.60. The maximum Gasteiger partial charge on any atom is 0.0151 e. The lowest BCUT2D eigenvalue weighted by Gasteiger charge is -2.26. The van der Waals surface area contributed by atoms with Crippen LogP contribution in [0.3, 0.4) is 0 Å². The summed E-state index contributed by atoms with van der Waals surface area (Å²) in [7, 11) is 0. The third-order valence-corrected chi connectivity index (χ3v) is 4.43. The lowest BCUT2D eigenvalue weighted by atomic mass is 9.84. The van der Waals surface area contributed by atoms with Crippen LogP contribution in [0.2, 0.25) is 0 Å². The molecule has 0 amide bonds. The van der Waals surface area contributed by atoms with Gasteiger partial charge in [-0.25, -0.2) is 0 Å². The average Bonchev–Trinajstić information content (AvgIpc) is 2.30. The number of halogens is 1. The van der Waals surface area contributed by atoms with Crippen LogP contribution in [-0.2, 0) is 6.42 Å². The van der Waals surface area contributed by atoms with E-state index in [1.54, 1.807) is 5.56 Å². The van der Waals surface area contributed by atoms with Crippen molar-refractivity contribution in [1.29, 1.82) is 0 Å². The summed E-state index contributed by atoms with van der Waals surface area (Å²) in [5, 5.41) is 0. The van der Waals surface area contributed by atoms with Gasteiger partial charge < -0.3 is 0 Å². The molecule has 0 spiro atoms. The van der Waals surface area contributed by atoms with Gasteiger partial charge >= 0.3 is 0 Å². The molecule has 0 radical (unpaired) electrons. The molecule has 0 heterocycles. The second-order valence-corrected chi connectivity index (χ2v) is 6.25. The van der Waals surface area contributed by atoms with Gasteiger partial charge in [-0.1, -0.05) is 60.0 Å². The van der Waals surface area contributed by atoms with E-state index < -0.39 is 0 Å². The minimum atomic E-state index is 0.738. The van der Waals surface area contributed by atoms with Crippen LogP contribution in [-0.4, -0.2) is 4.83 Å². The Bertz CT molecular complexity index is 315. The summed E-state index contributed by atoms with van der Waals surface area (Å²) in [6, 6.07) is 9.33. The van der Waals surface area contributed by atoms with Gasteiger partial charge in [0.2, 0.25) is 0 Å². The van der Waals surface area contributed by atoms with Crippen molar-refractivity contribution in [2.24, 2.45) is 0 Å². The highest BCUT2D eigenvalue weighted by atomic mass is 79.9. The van der Waals surface area contributed by atoms with Crippen LogP contribution >= 0.6 is 15.9 Å². The van der Waals surface area contributed by atoms with Gasteiger partial charge in [0.25, 0.3) is 0 Å². The van der Waals surface area contributed by atoms with E-state index >= 15 is 0 Å². The predicted octanol–water partition coefficient (Wildman–Crippen LogP) is 5.06. The molecule has 0 bridgehead atoms. The highest BCUT2D eigenvalue weighted by molar-refractivity contribution is 9.09. The fourth-order valence-corrected chi connectivity index (χ4v) is 3.45. The molecule has 1 aliphatic rings. The fourth-order valence-electron chi connectivity index (χ4n) is 2.68. The molecular formula is C15H21Br. The Balaban J connectivity index is 2.03. The summed E-state index contributed by atoms with van der Waals surface area (Å²) in [6.45, 7) is 2.24. The van der Waals surface area contributed by atoms with Crippen molar-refractivity contribution in [2.75, 3.05) is 0 Å². The zero-order valence-electron chi connectivity index (χ0n) is 10.1. The molecule has 16 heavy (non-hydrogen) atoms. The van der Waals surface area contributed by atoms with E-state index in [2.05, 4.69) is 47.1 Å². The quantitative estimate of drug-likeness (QED) is 0.679. The van der Waals surface area contributed by atoms with Crippen molar-refractivity contribution in [3.63, 3.8) is 0 Å². The predicted molar refractivity (Wildman–Crippen MR) is 74.4 cm³/mol. The summed E-state index contributed by atoms with van der Waals surface area (Å²) in [5.41, 5.74) is 3.03. The van der Waals surface area contributed by atoms with Gasteiger partial charge in [0.1, 0.15) is 0 Å². The van der Waals surface area contributed by atoms with E-state index in [-0.39, 0.29) is 0 Å². The first-order valence-electron chi connectivity index (χ1n) is 6.52. The monoisotopic (exact) mass is 280 g/mol. The zero-order chi connectivity index (χ0) is 11.4. The van der Waals surface area contributed by atoms with E-state index in [9.17, 15) is 0 Å². The highest BCUT2D eigenvalue weighted by Crippen LogP contribution is 2.35. The molecule has 2 rings (SSSR count). The molecule has 1 fully saturated rings. The molecule has 1 aliphatic carbocycles. The first kappa shape index (κ1) is 12.2. The van der Waals surface area contributed by atoms with Crippen LogP contribution in [0, 0.1) is 0 Å². The number of aryl methyl sites for hydroxylation is 1. The van der Waals surface area contributed by atoms with E-state index in [1.807, 2.05) is 0 Å². The Kier molecular flexibility index (Phi) is 4.45. The van der Waals surface area contributed by atoms with Crippen LogP contribution in [0.5, 0.6) is 0 Å². The zero-order valence-corrected chi connectivity index (χ0v) is 11.7. The van der Waals surface area contributed by atoms with Crippen molar-refractivity contribution in [1.82, 2.24) is 0 Å². The van der Waals surface area contributed by atoms with E-state index in [0.29, 0.717) is 0 Å². The molecule has 1 saturated carbocycles. The third kappa shape index (κ3) is 3.10. The van der Waals surface area contributed by atoms with Crippen LogP contribution < -0.4 is 0 Å². The molecular weight excluding hydrogens is 260 g/mol. The molecule has 0 nitrogen and oxygen atoms in total. The number of rotatable bonds is 3. The molecule has 0 saturated heterocycles. The van der Waals surface area contributed by atoms with Crippen LogP contribution in [0.15, 0.2) is 24.3 Å². The summed E-state index contributed by atoms with van der Waals surface area (Å²) in [5.74, 6) is 0.786. The molecule has 0 aromatic heterocycles. The molecule has 1 aromatic carbocycles. The minimum absolute atomic E-state index is 0.738. The molecule has 1 aromatic rings. The normalized spacial score (nSPS) is 25.6. The molecule has 2 unspecified atom stereocenters. The van der Waals surface area contributed by atoms with Crippen molar-refractivity contribution >= 4 is 15.9 Å². The van der Waals surface area contributed by atoms with Gasteiger partial charge in [-0.15, -0.1) is 0 Å². The summed E-state index contributed by atoms with van der Waals surface area (Å²) >= 11 is 3.77. The summed E-state index contributed by atoms with van der Waals surface area (Å²) < 4.78 is 0. The van der Waals surface area contributed by atoms with Gasteiger partial charge in [-0.3, -0.25) is 0 Å². The van der Waals surface area contributed by atoms with Gasteiger partial charge in [-0.2, -0.15) is 0 Å². The van der Waals surface area contributed by atoms with Crippen molar-refractivity contribution < 1.29 is 0 Å². The molecule has 1 heteroatoms.